The number of aromatic nitrogens is 2. The van der Waals surface area contributed by atoms with E-state index in [-0.39, 0.29) is 6.10 Å². The SMILES string of the molecule is Cc1ccc(N2CC(O)CC2CN(C)C)nn1. The molecular weight excluding hydrogens is 216 g/mol. The Balaban J connectivity index is 2.14. The van der Waals surface area contributed by atoms with E-state index in [1.807, 2.05) is 33.2 Å². The van der Waals surface area contributed by atoms with Crippen molar-refractivity contribution in [1.29, 1.82) is 0 Å². The van der Waals surface area contributed by atoms with Crippen molar-refractivity contribution in [1.82, 2.24) is 15.1 Å². The molecule has 1 aliphatic heterocycles. The lowest BCUT2D eigenvalue weighted by Crippen LogP contribution is -2.38. The third-order valence-electron chi connectivity index (χ3n) is 3.05. The van der Waals surface area contributed by atoms with Gasteiger partial charge in [-0.2, -0.15) is 5.10 Å². The van der Waals surface area contributed by atoms with Gasteiger partial charge in [-0.05, 0) is 39.6 Å². The van der Waals surface area contributed by atoms with Gasteiger partial charge in [0.2, 0.25) is 0 Å². The average Bonchev–Trinajstić information content (AvgIpc) is 2.59. The van der Waals surface area contributed by atoms with Crippen LogP contribution in [0.15, 0.2) is 12.1 Å². The van der Waals surface area contributed by atoms with Crippen LogP contribution >= 0.6 is 0 Å². The third-order valence-corrected chi connectivity index (χ3v) is 3.05. The molecular formula is C12H20N4O. The Hall–Kier alpha value is -1.20. The molecule has 2 heterocycles. The summed E-state index contributed by atoms with van der Waals surface area (Å²) >= 11 is 0. The van der Waals surface area contributed by atoms with Gasteiger partial charge in [0, 0.05) is 19.1 Å². The summed E-state index contributed by atoms with van der Waals surface area (Å²) < 4.78 is 0. The van der Waals surface area contributed by atoms with Crippen molar-refractivity contribution in [2.75, 3.05) is 32.1 Å². The van der Waals surface area contributed by atoms with Crippen molar-refractivity contribution in [3.05, 3.63) is 17.8 Å². The summed E-state index contributed by atoms with van der Waals surface area (Å²) in [5, 5.41) is 18.1. The van der Waals surface area contributed by atoms with Crippen molar-refractivity contribution < 1.29 is 5.11 Å². The zero-order valence-corrected chi connectivity index (χ0v) is 10.7. The minimum atomic E-state index is -0.261. The van der Waals surface area contributed by atoms with Gasteiger partial charge >= 0.3 is 0 Å². The van der Waals surface area contributed by atoms with Crippen LogP contribution in [0, 0.1) is 6.92 Å². The molecule has 2 unspecified atom stereocenters. The highest BCUT2D eigenvalue weighted by Crippen LogP contribution is 2.23. The lowest BCUT2D eigenvalue weighted by atomic mass is 10.2. The van der Waals surface area contributed by atoms with Gasteiger partial charge in [0.05, 0.1) is 11.8 Å². The molecule has 0 spiro atoms. The van der Waals surface area contributed by atoms with Gasteiger partial charge in [-0.25, -0.2) is 0 Å². The van der Waals surface area contributed by atoms with Gasteiger partial charge in [-0.3, -0.25) is 0 Å². The summed E-state index contributed by atoms with van der Waals surface area (Å²) in [6, 6.07) is 4.25. The number of likely N-dealkylation sites (N-methyl/N-ethyl adjacent to an activating group) is 1. The molecule has 1 N–H and O–H groups in total. The summed E-state index contributed by atoms with van der Waals surface area (Å²) in [7, 11) is 4.09. The van der Waals surface area contributed by atoms with Crippen LogP contribution in [0.1, 0.15) is 12.1 Å². The molecule has 0 aliphatic carbocycles. The first-order valence-electron chi connectivity index (χ1n) is 5.96. The Kier molecular flexibility index (Phi) is 3.59. The molecule has 17 heavy (non-hydrogen) atoms. The Bertz CT molecular complexity index is 365. The fourth-order valence-corrected chi connectivity index (χ4v) is 2.31. The number of hydrogen-bond donors (Lipinski definition) is 1. The summed E-state index contributed by atoms with van der Waals surface area (Å²) in [6.45, 7) is 3.50. The maximum absolute atomic E-state index is 9.79. The molecule has 94 valence electrons. The van der Waals surface area contributed by atoms with Crippen LogP contribution in [0.2, 0.25) is 0 Å². The van der Waals surface area contributed by atoms with E-state index in [1.165, 1.54) is 0 Å². The molecule has 0 amide bonds. The molecule has 0 saturated carbocycles. The van der Waals surface area contributed by atoms with Gasteiger partial charge in [0.15, 0.2) is 5.82 Å². The van der Waals surface area contributed by atoms with Crippen molar-refractivity contribution in [3.63, 3.8) is 0 Å². The first-order valence-corrected chi connectivity index (χ1v) is 5.96. The normalized spacial score (nSPS) is 24.6. The van der Waals surface area contributed by atoms with E-state index >= 15 is 0 Å². The maximum Gasteiger partial charge on any atom is 0.151 e. The number of rotatable bonds is 3. The molecule has 5 heteroatoms. The number of aliphatic hydroxyl groups excluding tert-OH is 1. The van der Waals surface area contributed by atoms with Gasteiger partial charge < -0.3 is 14.9 Å². The van der Waals surface area contributed by atoms with Gasteiger partial charge in [0.25, 0.3) is 0 Å². The number of β-amino-alcohol motifs (C(OH)–C–C–N with tert-alkyl or cyclic N) is 1. The lowest BCUT2D eigenvalue weighted by molar-refractivity contribution is 0.191. The Morgan fingerprint density at radius 1 is 1.41 bits per heavy atom. The van der Waals surface area contributed by atoms with E-state index < -0.39 is 0 Å². The zero-order chi connectivity index (χ0) is 12.4. The van der Waals surface area contributed by atoms with Crippen LogP contribution in [0.25, 0.3) is 0 Å². The molecule has 2 atom stereocenters. The second kappa shape index (κ2) is 4.98. The molecule has 1 aliphatic rings. The van der Waals surface area contributed by atoms with Gasteiger partial charge in [-0.1, -0.05) is 0 Å². The molecule has 1 aromatic rings. The van der Waals surface area contributed by atoms with Crippen molar-refractivity contribution >= 4 is 5.82 Å². The van der Waals surface area contributed by atoms with Crippen molar-refractivity contribution in [3.8, 4) is 0 Å². The third kappa shape index (κ3) is 2.92. The molecule has 2 rings (SSSR count). The fraction of sp³-hybridized carbons (Fsp3) is 0.667. The van der Waals surface area contributed by atoms with Crippen LogP contribution in [0.4, 0.5) is 5.82 Å². The summed E-state index contributed by atoms with van der Waals surface area (Å²) in [4.78, 5) is 4.29. The van der Waals surface area contributed by atoms with Crippen molar-refractivity contribution in [2.24, 2.45) is 0 Å². The quantitative estimate of drug-likeness (QED) is 0.817. The van der Waals surface area contributed by atoms with Crippen LogP contribution < -0.4 is 4.90 Å². The van der Waals surface area contributed by atoms with Crippen LogP contribution in [0.5, 0.6) is 0 Å². The monoisotopic (exact) mass is 236 g/mol. The van der Waals surface area contributed by atoms with Gasteiger partial charge in [-0.15, -0.1) is 5.10 Å². The Morgan fingerprint density at radius 2 is 2.18 bits per heavy atom. The second-order valence-corrected chi connectivity index (χ2v) is 4.99. The summed E-state index contributed by atoms with van der Waals surface area (Å²) in [5.41, 5.74) is 0.914. The zero-order valence-electron chi connectivity index (χ0n) is 10.7. The number of aliphatic hydroxyl groups is 1. The Labute approximate surface area is 102 Å². The molecule has 0 radical (unpaired) electrons. The highest BCUT2D eigenvalue weighted by Gasteiger charge is 2.32. The molecule has 1 saturated heterocycles. The fourth-order valence-electron chi connectivity index (χ4n) is 2.31. The average molecular weight is 236 g/mol. The van der Waals surface area contributed by atoms with E-state index in [2.05, 4.69) is 20.0 Å². The molecule has 0 bridgehead atoms. The predicted octanol–water partition coefficient (Wildman–Crippen LogP) is 0.286. The van der Waals surface area contributed by atoms with Crippen LogP contribution in [0.3, 0.4) is 0 Å². The predicted molar refractivity (Wildman–Crippen MR) is 67.1 cm³/mol. The van der Waals surface area contributed by atoms with E-state index in [9.17, 15) is 5.11 Å². The van der Waals surface area contributed by atoms with E-state index in [1.54, 1.807) is 0 Å². The minimum Gasteiger partial charge on any atom is -0.391 e. The molecule has 0 aromatic carbocycles. The van der Waals surface area contributed by atoms with E-state index in [0.29, 0.717) is 12.6 Å². The standard InChI is InChI=1S/C12H20N4O/c1-9-4-5-12(14-13-9)16-8-11(17)6-10(16)7-15(2)3/h4-5,10-11,17H,6-8H2,1-3H3. The minimum absolute atomic E-state index is 0.261. The smallest absolute Gasteiger partial charge is 0.151 e. The number of aryl methyl sites for hydroxylation is 1. The number of anilines is 1. The highest BCUT2D eigenvalue weighted by atomic mass is 16.3. The summed E-state index contributed by atoms with van der Waals surface area (Å²) in [5.74, 6) is 0.860. The largest absolute Gasteiger partial charge is 0.391 e. The van der Waals surface area contributed by atoms with E-state index in [0.717, 1.165) is 24.5 Å². The summed E-state index contributed by atoms with van der Waals surface area (Å²) in [6.07, 6.45) is 0.538. The van der Waals surface area contributed by atoms with Crippen molar-refractivity contribution in [2.45, 2.75) is 25.5 Å². The number of hydrogen-bond acceptors (Lipinski definition) is 5. The molecule has 5 nitrogen and oxygen atoms in total. The topological polar surface area (TPSA) is 52.5 Å². The maximum atomic E-state index is 9.79. The second-order valence-electron chi connectivity index (χ2n) is 4.99. The van der Waals surface area contributed by atoms with E-state index in [4.69, 9.17) is 0 Å². The highest BCUT2D eigenvalue weighted by molar-refractivity contribution is 5.41. The first-order chi connectivity index (χ1) is 8.06. The van der Waals surface area contributed by atoms with Gasteiger partial charge in [0.1, 0.15) is 0 Å². The molecule has 1 fully saturated rings. The molecule has 1 aromatic heterocycles. The first kappa shape index (κ1) is 12.3. The van der Waals surface area contributed by atoms with Crippen LogP contribution in [-0.2, 0) is 0 Å². The lowest BCUT2D eigenvalue weighted by Gasteiger charge is -2.27. The number of nitrogens with zero attached hydrogens (tertiary/aromatic N) is 4. The Morgan fingerprint density at radius 3 is 2.76 bits per heavy atom. The van der Waals surface area contributed by atoms with Crippen LogP contribution in [-0.4, -0.2) is 59.5 Å².